The van der Waals surface area contributed by atoms with E-state index in [2.05, 4.69) is 20.6 Å². The normalized spacial score (nSPS) is 11.2. The number of hydrogen-bond acceptors (Lipinski definition) is 4. The fraction of sp³-hybridized carbons (Fsp3) is 0.312. The van der Waals surface area contributed by atoms with Crippen molar-refractivity contribution in [2.24, 2.45) is 0 Å². The van der Waals surface area contributed by atoms with E-state index >= 15 is 0 Å². The molecule has 1 amide bonds. The summed E-state index contributed by atoms with van der Waals surface area (Å²) in [6, 6.07) is 4.65. The van der Waals surface area contributed by atoms with Gasteiger partial charge in [0.05, 0.1) is 5.69 Å². The molecule has 1 aromatic heterocycles. The number of nitrogens with zero attached hydrogens (tertiary/aromatic N) is 2. The largest absolute Gasteiger partial charge is 0.346 e. The number of rotatable bonds is 3. The summed E-state index contributed by atoms with van der Waals surface area (Å²) in [6.45, 7) is 7.26. The summed E-state index contributed by atoms with van der Waals surface area (Å²) in [5.74, 6) is -1.74. The number of nitrogens with one attached hydrogen (secondary N) is 2. The summed E-state index contributed by atoms with van der Waals surface area (Å²) in [7, 11) is 0. The van der Waals surface area contributed by atoms with E-state index in [0.29, 0.717) is 5.69 Å². The van der Waals surface area contributed by atoms with Crippen LogP contribution in [0.15, 0.2) is 24.3 Å². The van der Waals surface area contributed by atoms with Crippen LogP contribution in [-0.4, -0.2) is 21.4 Å². The van der Waals surface area contributed by atoms with Crippen LogP contribution >= 0.6 is 0 Å². The first-order valence-corrected chi connectivity index (χ1v) is 7.04. The van der Waals surface area contributed by atoms with E-state index in [1.165, 1.54) is 12.1 Å². The first-order chi connectivity index (χ1) is 10.6. The maximum atomic E-state index is 13.7. The molecule has 5 nitrogen and oxygen atoms in total. The van der Waals surface area contributed by atoms with E-state index in [-0.39, 0.29) is 23.2 Å². The SMILES string of the molecule is Cc1cc(C(=O)NC(C)(C)C)nc(Nc2ccc(F)cc2F)n1. The number of benzene rings is 1. The average Bonchev–Trinajstić information content (AvgIpc) is 2.39. The highest BCUT2D eigenvalue weighted by Gasteiger charge is 2.18. The second kappa shape index (κ2) is 6.28. The molecule has 0 bridgehead atoms. The zero-order chi connectivity index (χ0) is 17.2. The van der Waals surface area contributed by atoms with E-state index in [1.807, 2.05) is 20.8 Å². The molecule has 7 heteroatoms. The average molecular weight is 320 g/mol. The molecule has 0 saturated carbocycles. The lowest BCUT2D eigenvalue weighted by molar-refractivity contribution is 0.0914. The molecule has 0 aliphatic heterocycles. The van der Waals surface area contributed by atoms with E-state index in [1.54, 1.807) is 6.92 Å². The Kier molecular flexibility index (Phi) is 4.58. The lowest BCUT2D eigenvalue weighted by atomic mass is 10.1. The first-order valence-electron chi connectivity index (χ1n) is 7.04. The smallest absolute Gasteiger partial charge is 0.270 e. The van der Waals surface area contributed by atoms with Gasteiger partial charge in [-0.05, 0) is 45.9 Å². The Morgan fingerprint density at radius 2 is 1.83 bits per heavy atom. The van der Waals surface area contributed by atoms with Crippen LogP contribution in [0.5, 0.6) is 0 Å². The van der Waals surface area contributed by atoms with Gasteiger partial charge in [0.25, 0.3) is 5.91 Å². The molecule has 2 rings (SSSR count). The van der Waals surface area contributed by atoms with Crippen LogP contribution in [0.25, 0.3) is 0 Å². The fourth-order valence-corrected chi connectivity index (χ4v) is 1.86. The van der Waals surface area contributed by atoms with Crippen LogP contribution < -0.4 is 10.6 Å². The maximum absolute atomic E-state index is 13.7. The molecule has 0 atom stereocenters. The zero-order valence-corrected chi connectivity index (χ0v) is 13.4. The number of aryl methyl sites for hydroxylation is 1. The van der Waals surface area contributed by atoms with Gasteiger partial charge in [0.15, 0.2) is 0 Å². The van der Waals surface area contributed by atoms with Crippen LogP contribution in [0, 0.1) is 18.6 Å². The zero-order valence-electron chi connectivity index (χ0n) is 13.4. The van der Waals surface area contributed by atoms with Crippen LogP contribution in [-0.2, 0) is 0 Å². The lowest BCUT2D eigenvalue weighted by Crippen LogP contribution is -2.41. The highest BCUT2D eigenvalue weighted by atomic mass is 19.1. The molecule has 0 aliphatic carbocycles. The number of halogens is 2. The van der Waals surface area contributed by atoms with Gasteiger partial charge in [-0.2, -0.15) is 0 Å². The Morgan fingerprint density at radius 1 is 1.13 bits per heavy atom. The van der Waals surface area contributed by atoms with E-state index < -0.39 is 17.2 Å². The quantitative estimate of drug-likeness (QED) is 0.910. The second-order valence-corrected chi connectivity index (χ2v) is 6.17. The minimum absolute atomic E-state index is 0.0270. The van der Waals surface area contributed by atoms with Crippen molar-refractivity contribution in [3.05, 3.63) is 47.3 Å². The third-order valence-corrected chi connectivity index (χ3v) is 2.75. The van der Waals surface area contributed by atoms with Gasteiger partial charge in [-0.3, -0.25) is 4.79 Å². The number of carbonyl (C=O) groups is 1. The number of amides is 1. The van der Waals surface area contributed by atoms with Crippen molar-refractivity contribution in [1.29, 1.82) is 0 Å². The molecule has 122 valence electrons. The number of anilines is 2. The number of aromatic nitrogens is 2. The van der Waals surface area contributed by atoms with Gasteiger partial charge in [0.1, 0.15) is 17.3 Å². The van der Waals surface area contributed by atoms with Crippen molar-refractivity contribution in [3.8, 4) is 0 Å². The lowest BCUT2D eigenvalue weighted by Gasteiger charge is -2.20. The van der Waals surface area contributed by atoms with Crippen molar-refractivity contribution in [2.45, 2.75) is 33.2 Å². The second-order valence-electron chi connectivity index (χ2n) is 6.17. The van der Waals surface area contributed by atoms with Crippen molar-refractivity contribution in [1.82, 2.24) is 15.3 Å². The third-order valence-electron chi connectivity index (χ3n) is 2.75. The maximum Gasteiger partial charge on any atom is 0.270 e. The minimum atomic E-state index is -0.768. The van der Waals surface area contributed by atoms with Gasteiger partial charge in [-0.1, -0.05) is 0 Å². The van der Waals surface area contributed by atoms with Crippen molar-refractivity contribution in [2.75, 3.05) is 5.32 Å². The molecule has 0 spiro atoms. The highest BCUT2D eigenvalue weighted by molar-refractivity contribution is 5.93. The molecule has 0 aliphatic rings. The predicted molar refractivity (Wildman–Crippen MR) is 83.6 cm³/mol. The van der Waals surface area contributed by atoms with Gasteiger partial charge < -0.3 is 10.6 Å². The first kappa shape index (κ1) is 16.8. The van der Waals surface area contributed by atoms with Gasteiger partial charge in [0, 0.05) is 17.3 Å². The minimum Gasteiger partial charge on any atom is -0.346 e. The van der Waals surface area contributed by atoms with Crippen LogP contribution in [0.3, 0.4) is 0 Å². The summed E-state index contributed by atoms with van der Waals surface area (Å²) in [5.41, 5.74) is 0.327. The highest BCUT2D eigenvalue weighted by Crippen LogP contribution is 2.19. The topological polar surface area (TPSA) is 66.9 Å². The molecule has 0 fully saturated rings. The predicted octanol–water partition coefficient (Wildman–Crippen LogP) is 3.34. The molecule has 2 aromatic rings. The molecule has 0 unspecified atom stereocenters. The Bertz CT molecular complexity index is 741. The molecular formula is C16H18F2N4O. The Labute approximate surface area is 133 Å². The van der Waals surface area contributed by atoms with Crippen molar-refractivity contribution < 1.29 is 13.6 Å². The standard InChI is InChI=1S/C16H18F2N4O/c1-9-7-13(14(23)22-16(2,3)4)21-15(19-9)20-12-6-5-10(17)8-11(12)18/h5-8H,1-4H3,(H,22,23)(H,19,20,21). The summed E-state index contributed by atoms with van der Waals surface area (Å²) < 4.78 is 26.6. The third kappa shape index (κ3) is 4.70. The molecular weight excluding hydrogens is 302 g/mol. The van der Waals surface area contributed by atoms with E-state index in [4.69, 9.17) is 0 Å². The monoisotopic (exact) mass is 320 g/mol. The molecule has 2 N–H and O–H groups in total. The molecule has 23 heavy (non-hydrogen) atoms. The summed E-state index contributed by atoms with van der Waals surface area (Å²) >= 11 is 0. The Balaban J connectivity index is 2.28. The van der Waals surface area contributed by atoms with E-state index in [0.717, 1.165) is 12.1 Å². The van der Waals surface area contributed by atoms with Crippen molar-refractivity contribution in [3.63, 3.8) is 0 Å². The Morgan fingerprint density at radius 3 is 2.43 bits per heavy atom. The van der Waals surface area contributed by atoms with Crippen LogP contribution in [0.2, 0.25) is 0 Å². The number of carbonyl (C=O) groups excluding carboxylic acids is 1. The fourth-order valence-electron chi connectivity index (χ4n) is 1.86. The van der Waals surface area contributed by atoms with Gasteiger partial charge >= 0.3 is 0 Å². The Hall–Kier alpha value is -2.57. The van der Waals surface area contributed by atoms with Gasteiger partial charge in [0.2, 0.25) is 5.95 Å². The van der Waals surface area contributed by atoms with Gasteiger partial charge in [-0.25, -0.2) is 18.7 Å². The molecule has 1 aromatic carbocycles. The molecule has 1 heterocycles. The molecule has 0 saturated heterocycles. The van der Waals surface area contributed by atoms with Crippen LogP contribution in [0.4, 0.5) is 20.4 Å². The van der Waals surface area contributed by atoms with E-state index in [9.17, 15) is 13.6 Å². The number of hydrogen-bond donors (Lipinski definition) is 2. The summed E-state index contributed by atoms with van der Waals surface area (Å²) in [4.78, 5) is 20.4. The van der Waals surface area contributed by atoms with Gasteiger partial charge in [-0.15, -0.1) is 0 Å². The summed E-state index contributed by atoms with van der Waals surface area (Å²) in [5, 5.41) is 5.45. The van der Waals surface area contributed by atoms with Crippen molar-refractivity contribution >= 4 is 17.5 Å². The van der Waals surface area contributed by atoms with Crippen LogP contribution in [0.1, 0.15) is 37.0 Å². The summed E-state index contributed by atoms with van der Waals surface area (Å²) in [6.07, 6.45) is 0. The molecule has 0 radical (unpaired) electrons.